The first-order valence-corrected chi connectivity index (χ1v) is 6.99. The topological polar surface area (TPSA) is 48.1 Å². The number of nitrogens with two attached hydrogens (primary N) is 1. The van der Waals surface area contributed by atoms with Crippen LogP contribution in [-0.2, 0) is 13.0 Å². The van der Waals surface area contributed by atoms with Crippen LogP contribution in [0.1, 0.15) is 36.2 Å². The molecule has 2 N–H and O–H groups in total. The van der Waals surface area contributed by atoms with E-state index in [9.17, 15) is 0 Å². The van der Waals surface area contributed by atoms with E-state index in [0.29, 0.717) is 6.61 Å². The van der Waals surface area contributed by atoms with Gasteiger partial charge in [0.05, 0.1) is 10.7 Å². The summed E-state index contributed by atoms with van der Waals surface area (Å²) in [5.74, 6) is 0.846. The third-order valence-electron chi connectivity index (χ3n) is 2.69. The van der Waals surface area contributed by atoms with E-state index in [1.807, 2.05) is 36.6 Å². The van der Waals surface area contributed by atoms with Gasteiger partial charge in [0.25, 0.3) is 0 Å². The molecule has 18 heavy (non-hydrogen) atoms. The second-order valence-corrected chi connectivity index (χ2v) is 5.14. The zero-order chi connectivity index (χ0) is 13.0. The maximum absolute atomic E-state index is 5.92. The van der Waals surface area contributed by atoms with E-state index in [-0.39, 0.29) is 6.04 Å². The molecule has 0 fully saturated rings. The number of thiazole rings is 1. The summed E-state index contributed by atoms with van der Waals surface area (Å²) in [6.07, 6.45) is 0.973. The maximum Gasteiger partial charge on any atom is 0.131 e. The molecule has 0 saturated heterocycles. The van der Waals surface area contributed by atoms with Crippen LogP contribution in [0.5, 0.6) is 5.75 Å². The standard InChI is InChI=1S/C14H18N2OS/c1-3-14-16-11(9-18-14)8-17-13-7-5-4-6-12(13)10(2)15/h4-7,9-10H,3,8,15H2,1-2H3/t10-/m0/s1. The number of benzene rings is 1. The van der Waals surface area contributed by atoms with E-state index in [4.69, 9.17) is 10.5 Å². The number of nitrogens with zero attached hydrogens (tertiary/aromatic N) is 1. The molecule has 1 aromatic heterocycles. The van der Waals surface area contributed by atoms with Crippen LogP contribution in [0.2, 0.25) is 0 Å². The van der Waals surface area contributed by atoms with Gasteiger partial charge < -0.3 is 10.5 Å². The Labute approximate surface area is 112 Å². The monoisotopic (exact) mass is 262 g/mol. The zero-order valence-corrected chi connectivity index (χ0v) is 11.5. The summed E-state index contributed by atoms with van der Waals surface area (Å²) in [6.45, 7) is 4.56. The van der Waals surface area contributed by atoms with E-state index in [2.05, 4.69) is 11.9 Å². The van der Waals surface area contributed by atoms with Crippen molar-refractivity contribution in [3.8, 4) is 5.75 Å². The minimum atomic E-state index is -0.0252. The molecular weight excluding hydrogens is 244 g/mol. The molecule has 1 atom stereocenters. The molecule has 1 aromatic carbocycles. The lowest BCUT2D eigenvalue weighted by atomic mass is 10.1. The Balaban J connectivity index is 2.05. The van der Waals surface area contributed by atoms with E-state index in [1.165, 1.54) is 0 Å². The third-order valence-corrected chi connectivity index (χ3v) is 3.73. The van der Waals surface area contributed by atoms with Crippen molar-refractivity contribution >= 4 is 11.3 Å². The second-order valence-electron chi connectivity index (χ2n) is 4.20. The Bertz CT molecular complexity index is 508. The first-order valence-electron chi connectivity index (χ1n) is 6.11. The van der Waals surface area contributed by atoms with Gasteiger partial charge in [-0.15, -0.1) is 11.3 Å². The van der Waals surface area contributed by atoms with Gasteiger partial charge in [0.15, 0.2) is 0 Å². The van der Waals surface area contributed by atoms with Gasteiger partial charge in [-0.2, -0.15) is 0 Å². The molecular formula is C14H18N2OS. The highest BCUT2D eigenvalue weighted by atomic mass is 32.1. The van der Waals surface area contributed by atoms with Gasteiger partial charge in [0.1, 0.15) is 12.4 Å². The normalized spacial score (nSPS) is 12.4. The first kappa shape index (κ1) is 13.1. The lowest BCUT2D eigenvalue weighted by Crippen LogP contribution is -2.08. The summed E-state index contributed by atoms with van der Waals surface area (Å²) in [6, 6.07) is 7.86. The molecule has 0 amide bonds. The maximum atomic E-state index is 5.92. The van der Waals surface area contributed by atoms with Crippen molar-refractivity contribution in [2.75, 3.05) is 0 Å². The van der Waals surface area contributed by atoms with Gasteiger partial charge in [-0.1, -0.05) is 25.1 Å². The first-order chi connectivity index (χ1) is 8.70. The highest BCUT2D eigenvalue weighted by Gasteiger charge is 2.08. The smallest absolute Gasteiger partial charge is 0.131 e. The average Bonchev–Trinajstić information content (AvgIpc) is 2.84. The lowest BCUT2D eigenvalue weighted by molar-refractivity contribution is 0.297. The fraction of sp³-hybridized carbons (Fsp3) is 0.357. The van der Waals surface area contributed by atoms with Crippen molar-refractivity contribution in [1.29, 1.82) is 0 Å². The third kappa shape index (κ3) is 3.09. The molecule has 2 rings (SSSR count). The number of aryl methyl sites for hydroxylation is 1. The number of rotatable bonds is 5. The fourth-order valence-electron chi connectivity index (χ4n) is 1.72. The molecule has 0 saturated carbocycles. The van der Waals surface area contributed by atoms with Crippen molar-refractivity contribution in [1.82, 2.24) is 4.98 Å². The van der Waals surface area contributed by atoms with Crippen LogP contribution >= 0.6 is 11.3 Å². The molecule has 1 heterocycles. The van der Waals surface area contributed by atoms with Crippen LogP contribution in [0, 0.1) is 0 Å². The summed E-state index contributed by atoms with van der Waals surface area (Å²) < 4.78 is 5.81. The van der Waals surface area contributed by atoms with Crippen LogP contribution in [0.25, 0.3) is 0 Å². The predicted octanol–water partition coefficient (Wildman–Crippen LogP) is 3.30. The Morgan fingerprint density at radius 2 is 2.17 bits per heavy atom. The highest BCUT2D eigenvalue weighted by Crippen LogP contribution is 2.24. The minimum Gasteiger partial charge on any atom is -0.487 e. The van der Waals surface area contributed by atoms with E-state index < -0.39 is 0 Å². The van der Waals surface area contributed by atoms with Gasteiger partial charge in [-0.3, -0.25) is 0 Å². The highest BCUT2D eigenvalue weighted by molar-refractivity contribution is 7.09. The van der Waals surface area contributed by atoms with Gasteiger partial charge in [0.2, 0.25) is 0 Å². The van der Waals surface area contributed by atoms with Crippen LogP contribution in [0.3, 0.4) is 0 Å². The van der Waals surface area contributed by atoms with Crippen molar-refractivity contribution in [3.05, 3.63) is 45.9 Å². The summed E-state index contributed by atoms with van der Waals surface area (Å²) in [5, 5.41) is 3.20. The number of ether oxygens (including phenoxy) is 1. The quantitative estimate of drug-likeness (QED) is 0.899. The molecule has 0 spiro atoms. The average molecular weight is 262 g/mol. The largest absolute Gasteiger partial charge is 0.487 e. The van der Waals surface area contributed by atoms with E-state index >= 15 is 0 Å². The number of aromatic nitrogens is 1. The molecule has 0 radical (unpaired) electrons. The van der Waals surface area contributed by atoms with Crippen molar-refractivity contribution < 1.29 is 4.74 Å². The molecule has 2 aromatic rings. The summed E-state index contributed by atoms with van der Waals surface area (Å²) in [7, 11) is 0. The van der Waals surface area contributed by atoms with Crippen LogP contribution in [0.15, 0.2) is 29.6 Å². The molecule has 0 bridgehead atoms. The van der Waals surface area contributed by atoms with Gasteiger partial charge >= 0.3 is 0 Å². The van der Waals surface area contributed by atoms with Gasteiger partial charge in [-0.05, 0) is 19.4 Å². The van der Waals surface area contributed by atoms with Crippen LogP contribution in [-0.4, -0.2) is 4.98 Å². The number of para-hydroxylation sites is 1. The van der Waals surface area contributed by atoms with Gasteiger partial charge in [-0.25, -0.2) is 4.98 Å². The molecule has 0 unspecified atom stereocenters. The summed E-state index contributed by atoms with van der Waals surface area (Å²) >= 11 is 1.68. The Morgan fingerprint density at radius 1 is 1.39 bits per heavy atom. The Kier molecular flexibility index (Phi) is 4.33. The fourth-order valence-corrected chi connectivity index (χ4v) is 2.45. The van der Waals surface area contributed by atoms with Crippen molar-refractivity contribution in [3.63, 3.8) is 0 Å². The molecule has 0 aliphatic heterocycles. The SMILES string of the molecule is CCc1nc(COc2ccccc2[C@H](C)N)cs1. The molecule has 0 aliphatic rings. The predicted molar refractivity (Wildman–Crippen MR) is 74.9 cm³/mol. The van der Waals surface area contributed by atoms with E-state index in [0.717, 1.165) is 28.4 Å². The van der Waals surface area contributed by atoms with Crippen molar-refractivity contribution in [2.45, 2.75) is 32.9 Å². The summed E-state index contributed by atoms with van der Waals surface area (Å²) in [4.78, 5) is 4.48. The van der Waals surface area contributed by atoms with Crippen molar-refractivity contribution in [2.24, 2.45) is 5.73 Å². The molecule has 4 heteroatoms. The number of hydrogen-bond acceptors (Lipinski definition) is 4. The Morgan fingerprint density at radius 3 is 2.83 bits per heavy atom. The zero-order valence-electron chi connectivity index (χ0n) is 10.7. The Hall–Kier alpha value is -1.39. The number of hydrogen-bond donors (Lipinski definition) is 1. The lowest BCUT2D eigenvalue weighted by Gasteiger charge is -2.12. The van der Waals surface area contributed by atoms with Crippen LogP contribution < -0.4 is 10.5 Å². The van der Waals surface area contributed by atoms with E-state index in [1.54, 1.807) is 11.3 Å². The van der Waals surface area contributed by atoms with Crippen LogP contribution in [0.4, 0.5) is 0 Å². The van der Waals surface area contributed by atoms with Gasteiger partial charge in [0, 0.05) is 17.0 Å². The summed E-state index contributed by atoms with van der Waals surface area (Å²) in [5.41, 5.74) is 7.93. The molecule has 0 aliphatic carbocycles. The molecule has 96 valence electrons. The second kappa shape index (κ2) is 5.98. The minimum absolute atomic E-state index is 0.0252. The molecule has 3 nitrogen and oxygen atoms in total.